The zero-order chi connectivity index (χ0) is 16.8. The largest absolute Gasteiger partial charge is 0.345 e. The Labute approximate surface area is 137 Å². The molecule has 0 unspecified atom stereocenters. The normalized spacial score (nSPS) is 21.6. The van der Waals surface area contributed by atoms with Crippen LogP contribution in [0.5, 0.6) is 0 Å². The molecule has 0 spiro atoms. The average Bonchev–Trinajstić information content (AvgIpc) is 2.75. The lowest BCUT2D eigenvalue weighted by Gasteiger charge is -2.26. The number of carbonyl (C=O) groups excluding carboxylic acids is 2. The maximum absolute atomic E-state index is 12.7. The molecule has 2 N–H and O–H groups in total. The molecule has 6 heteroatoms. The van der Waals surface area contributed by atoms with Crippen LogP contribution in [-0.4, -0.2) is 59.3 Å². The Hall–Kier alpha value is -1.95. The molecule has 0 aliphatic carbocycles. The molecule has 126 valence electrons. The molecule has 1 aromatic rings. The van der Waals surface area contributed by atoms with Gasteiger partial charge in [-0.05, 0) is 25.0 Å². The Balaban J connectivity index is 1.93. The van der Waals surface area contributed by atoms with Gasteiger partial charge in [-0.1, -0.05) is 6.07 Å². The Morgan fingerprint density at radius 2 is 2.13 bits per heavy atom. The van der Waals surface area contributed by atoms with E-state index in [-0.39, 0.29) is 23.8 Å². The number of aromatic nitrogens is 1. The number of nitrogens with zero attached hydrogens (tertiary/aromatic N) is 3. The highest BCUT2D eigenvalue weighted by Gasteiger charge is 2.29. The van der Waals surface area contributed by atoms with Crippen LogP contribution in [0, 0.1) is 5.92 Å². The van der Waals surface area contributed by atoms with Gasteiger partial charge in [-0.15, -0.1) is 0 Å². The topological polar surface area (TPSA) is 79.5 Å². The maximum Gasteiger partial charge on any atom is 0.227 e. The van der Waals surface area contributed by atoms with Crippen LogP contribution in [0.15, 0.2) is 24.4 Å². The first-order chi connectivity index (χ1) is 11.0. The van der Waals surface area contributed by atoms with E-state index < -0.39 is 0 Å². The van der Waals surface area contributed by atoms with Gasteiger partial charge >= 0.3 is 0 Å². The van der Waals surface area contributed by atoms with Crippen molar-refractivity contribution in [2.75, 3.05) is 26.7 Å². The van der Waals surface area contributed by atoms with Crippen LogP contribution in [0.2, 0.25) is 0 Å². The quantitative estimate of drug-likeness (QED) is 0.885. The first-order valence-corrected chi connectivity index (χ1v) is 8.13. The van der Waals surface area contributed by atoms with Crippen molar-refractivity contribution in [3.63, 3.8) is 0 Å². The molecule has 0 bridgehead atoms. The van der Waals surface area contributed by atoms with Crippen molar-refractivity contribution < 1.29 is 9.59 Å². The molecule has 1 aromatic heterocycles. The Morgan fingerprint density at radius 1 is 1.35 bits per heavy atom. The van der Waals surface area contributed by atoms with Crippen LogP contribution in [0.3, 0.4) is 0 Å². The highest BCUT2D eigenvalue weighted by molar-refractivity contribution is 5.80. The van der Waals surface area contributed by atoms with Gasteiger partial charge in [0.2, 0.25) is 11.8 Å². The van der Waals surface area contributed by atoms with Crippen LogP contribution < -0.4 is 5.73 Å². The standard InChI is InChI=1S/C17H26N4O2/c1-13(22)21-11-14(6-7-15(18)12-21)17(23)20(2)10-8-16-5-3-4-9-19-16/h3-5,9,14-15H,6-8,10-12,18H2,1-2H3/t14-,15+/m1/s1. The second kappa shape index (κ2) is 8.06. The lowest BCUT2D eigenvalue weighted by atomic mass is 10.0. The van der Waals surface area contributed by atoms with Crippen LogP contribution in [-0.2, 0) is 16.0 Å². The summed E-state index contributed by atoms with van der Waals surface area (Å²) in [5.41, 5.74) is 6.98. The lowest BCUT2D eigenvalue weighted by Crippen LogP contribution is -2.42. The van der Waals surface area contributed by atoms with E-state index in [1.807, 2.05) is 25.2 Å². The van der Waals surface area contributed by atoms with Gasteiger partial charge in [0.1, 0.15) is 0 Å². The molecule has 1 aliphatic heterocycles. The summed E-state index contributed by atoms with van der Waals surface area (Å²) in [6.45, 7) is 3.16. The van der Waals surface area contributed by atoms with E-state index in [1.54, 1.807) is 16.0 Å². The molecule has 1 saturated heterocycles. The van der Waals surface area contributed by atoms with Gasteiger partial charge < -0.3 is 15.5 Å². The number of carbonyl (C=O) groups is 2. The van der Waals surface area contributed by atoms with Gasteiger partial charge in [0.15, 0.2) is 0 Å². The third kappa shape index (κ3) is 5.03. The predicted molar refractivity (Wildman–Crippen MR) is 88.5 cm³/mol. The zero-order valence-electron chi connectivity index (χ0n) is 13.9. The van der Waals surface area contributed by atoms with Gasteiger partial charge in [0.05, 0.1) is 5.92 Å². The number of hydrogen-bond donors (Lipinski definition) is 1. The smallest absolute Gasteiger partial charge is 0.227 e. The third-order valence-electron chi connectivity index (χ3n) is 4.38. The first-order valence-electron chi connectivity index (χ1n) is 8.13. The maximum atomic E-state index is 12.7. The van der Waals surface area contributed by atoms with E-state index in [4.69, 9.17) is 5.73 Å². The van der Waals surface area contributed by atoms with E-state index in [9.17, 15) is 9.59 Å². The van der Waals surface area contributed by atoms with Crippen LogP contribution in [0.1, 0.15) is 25.5 Å². The number of likely N-dealkylation sites (tertiary alicyclic amines) is 1. The van der Waals surface area contributed by atoms with E-state index >= 15 is 0 Å². The Bertz CT molecular complexity index is 535. The SMILES string of the molecule is CC(=O)N1C[C@@H](N)CC[C@@H](C(=O)N(C)CCc2ccccn2)C1. The first kappa shape index (κ1) is 17.4. The van der Waals surface area contributed by atoms with E-state index in [0.717, 1.165) is 25.0 Å². The van der Waals surface area contributed by atoms with Gasteiger partial charge in [0, 0.05) is 58.0 Å². The fourth-order valence-electron chi connectivity index (χ4n) is 2.93. The van der Waals surface area contributed by atoms with Crippen molar-refractivity contribution >= 4 is 11.8 Å². The van der Waals surface area contributed by atoms with Crippen molar-refractivity contribution in [1.82, 2.24) is 14.8 Å². The summed E-state index contributed by atoms with van der Waals surface area (Å²) in [5, 5.41) is 0. The highest BCUT2D eigenvalue weighted by Crippen LogP contribution is 2.18. The molecular weight excluding hydrogens is 292 g/mol. The summed E-state index contributed by atoms with van der Waals surface area (Å²) in [5.74, 6) is -0.0984. The minimum Gasteiger partial charge on any atom is -0.345 e. The number of likely N-dealkylation sites (N-methyl/N-ethyl adjacent to an activating group) is 1. The summed E-state index contributed by atoms with van der Waals surface area (Å²) in [6, 6.07) is 5.74. The molecule has 2 rings (SSSR count). The Kier molecular flexibility index (Phi) is 6.10. The molecule has 6 nitrogen and oxygen atoms in total. The van der Waals surface area contributed by atoms with E-state index in [0.29, 0.717) is 19.6 Å². The molecular formula is C17H26N4O2. The average molecular weight is 318 g/mol. The minimum atomic E-state index is -0.166. The van der Waals surface area contributed by atoms with Gasteiger partial charge in [0.25, 0.3) is 0 Å². The van der Waals surface area contributed by atoms with Crippen molar-refractivity contribution in [3.05, 3.63) is 30.1 Å². The number of hydrogen-bond acceptors (Lipinski definition) is 4. The molecule has 2 heterocycles. The molecule has 0 saturated carbocycles. The second-order valence-electron chi connectivity index (χ2n) is 6.29. The van der Waals surface area contributed by atoms with Gasteiger partial charge in [-0.3, -0.25) is 14.6 Å². The monoisotopic (exact) mass is 318 g/mol. The molecule has 23 heavy (non-hydrogen) atoms. The van der Waals surface area contributed by atoms with Crippen molar-refractivity contribution in [2.45, 2.75) is 32.2 Å². The fraction of sp³-hybridized carbons (Fsp3) is 0.588. The number of rotatable bonds is 4. The van der Waals surface area contributed by atoms with Crippen LogP contribution in [0.25, 0.3) is 0 Å². The zero-order valence-corrected chi connectivity index (χ0v) is 13.9. The summed E-state index contributed by atoms with van der Waals surface area (Å²) in [4.78, 5) is 32.1. The molecule has 1 fully saturated rings. The van der Waals surface area contributed by atoms with Crippen LogP contribution >= 0.6 is 0 Å². The molecule has 2 atom stereocenters. The molecule has 0 radical (unpaired) electrons. The fourth-order valence-corrected chi connectivity index (χ4v) is 2.93. The number of pyridine rings is 1. The summed E-state index contributed by atoms with van der Waals surface area (Å²) < 4.78 is 0. The molecule has 0 aromatic carbocycles. The molecule has 2 amide bonds. The minimum absolute atomic E-state index is 0.0173. The van der Waals surface area contributed by atoms with Crippen molar-refractivity contribution in [3.8, 4) is 0 Å². The van der Waals surface area contributed by atoms with Crippen LogP contribution in [0.4, 0.5) is 0 Å². The summed E-state index contributed by atoms with van der Waals surface area (Å²) >= 11 is 0. The third-order valence-corrected chi connectivity index (χ3v) is 4.38. The molecule has 1 aliphatic rings. The van der Waals surface area contributed by atoms with E-state index in [1.165, 1.54) is 6.92 Å². The van der Waals surface area contributed by atoms with E-state index in [2.05, 4.69) is 4.98 Å². The summed E-state index contributed by atoms with van der Waals surface area (Å²) in [6.07, 6.45) is 3.99. The highest BCUT2D eigenvalue weighted by atomic mass is 16.2. The lowest BCUT2D eigenvalue weighted by molar-refractivity contribution is -0.136. The van der Waals surface area contributed by atoms with Crippen molar-refractivity contribution in [1.29, 1.82) is 0 Å². The number of nitrogens with two attached hydrogens (primary N) is 1. The predicted octanol–water partition coefficient (Wildman–Crippen LogP) is 0.668. The number of amides is 2. The second-order valence-corrected chi connectivity index (χ2v) is 6.29. The summed E-state index contributed by atoms with van der Waals surface area (Å²) in [7, 11) is 1.81. The van der Waals surface area contributed by atoms with Crippen molar-refractivity contribution in [2.24, 2.45) is 11.7 Å². The van der Waals surface area contributed by atoms with Gasteiger partial charge in [-0.25, -0.2) is 0 Å². The Morgan fingerprint density at radius 3 is 2.78 bits per heavy atom. The van der Waals surface area contributed by atoms with Gasteiger partial charge in [-0.2, -0.15) is 0 Å².